The van der Waals surface area contributed by atoms with E-state index in [0.29, 0.717) is 23.6 Å². The summed E-state index contributed by atoms with van der Waals surface area (Å²) in [5, 5.41) is 12.8. The van der Waals surface area contributed by atoms with Crippen molar-refractivity contribution in [2.75, 3.05) is 6.54 Å². The van der Waals surface area contributed by atoms with E-state index in [1.807, 2.05) is 13.0 Å². The molecule has 1 saturated carbocycles. The molecule has 1 fully saturated rings. The van der Waals surface area contributed by atoms with Crippen LogP contribution < -0.4 is 10.1 Å². The normalized spacial score (nSPS) is 19.9. The Hall–Kier alpha value is -2.40. The molecular weight excluding hydrogens is 304 g/mol. The van der Waals surface area contributed by atoms with E-state index in [1.165, 1.54) is 0 Å². The number of rotatable bonds is 5. The van der Waals surface area contributed by atoms with Crippen LogP contribution in [0.3, 0.4) is 0 Å². The highest BCUT2D eigenvalue weighted by Crippen LogP contribution is 2.27. The lowest BCUT2D eigenvalue weighted by Crippen LogP contribution is -2.32. The van der Waals surface area contributed by atoms with Crippen LogP contribution in [0.25, 0.3) is 0 Å². The number of aryl methyl sites for hydroxylation is 1. The van der Waals surface area contributed by atoms with Crippen molar-refractivity contribution in [3.63, 3.8) is 0 Å². The number of nitrogens with zero attached hydrogens (tertiary/aromatic N) is 1. The molecular formula is C19H22N2O3. The van der Waals surface area contributed by atoms with Crippen LogP contribution in [0.1, 0.15) is 35.2 Å². The minimum absolute atomic E-state index is 0.145. The maximum absolute atomic E-state index is 12.4. The summed E-state index contributed by atoms with van der Waals surface area (Å²) < 4.78 is 5.83. The molecule has 5 heteroatoms. The monoisotopic (exact) mass is 326 g/mol. The second-order valence-electron chi connectivity index (χ2n) is 6.23. The van der Waals surface area contributed by atoms with Crippen molar-refractivity contribution in [2.45, 2.75) is 32.3 Å². The number of nitrogens with one attached hydrogen (secondary N) is 1. The number of carbonyl (C=O) groups is 1. The summed E-state index contributed by atoms with van der Waals surface area (Å²) in [6, 6.07) is 8.95. The van der Waals surface area contributed by atoms with E-state index >= 15 is 0 Å². The zero-order chi connectivity index (χ0) is 16.9. The number of aliphatic hydroxyl groups excluding tert-OH is 1. The van der Waals surface area contributed by atoms with Crippen molar-refractivity contribution in [1.29, 1.82) is 0 Å². The molecule has 2 N–H and O–H groups in total. The van der Waals surface area contributed by atoms with Crippen molar-refractivity contribution in [1.82, 2.24) is 10.3 Å². The molecule has 0 spiro atoms. The average molecular weight is 326 g/mol. The molecule has 1 aromatic heterocycles. The van der Waals surface area contributed by atoms with Crippen LogP contribution in [-0.2, 0) is 0 Å². The number of pyridine rings is 1. The Balaban J connectivity index is 1.67. The van der Waals surface area contributed by atoms with Crippen molar-refractivity contribution in [2.24, 2.45) is 5.92 Å². The highest BCUT2D eigenvalue weighted by molar-refractivity contribution is 5.94. The fraction of sp³-hybridized carbons (Fsp3) is 0.368. The summed E-state index contributed by atoms with van der Waals surface area (Å²) in [6.07, 6.45) is 5.84. The van der Waals surface area contributed by atoms with Gasteiger partial charge in [-0.1, -0.05) is 12.5 Å². The van der Waals surface area contributed by atoms with Crippen molar-refractivity contribution >= 4 is 5.91 Å². The number of aromatic nitrogens is 1. The minimum Gasteiger partial charge on any atom is -0.457 e. The van der Waals surface area contributed by atoms with Crippen molar-refractivity contribution in [3.05, 3.63) is 53.9 Å². The molecule has 0 saturated heterocycles. The SMILES string of the molecule is Cc1ccc(C(=O)NCC2CCCC2O)cc1Oc1ccncc1. The molecule has 0 aliphatic heterocycles. The molecule has 1 heterocycles. The molecule has 5 nitrogen and oxygen atoms in total. The van der Waals surface area contributed by atoms with E-state index in [9.17, 15) is 9.90 Å². The average Bonchev–Trinajstić information content (AvgIpc) is 3.00. The lowest BCUT2D eigenvalue weighted by Gasteiger charge is -2.15. The molecule has 126 valence electrons. The van der Waals surface area contributed by atoms with Gasteiger partial charge in [-0.15, -0.1) is 0 Å². The summed E-state index contributed by atoms with van der Waals surface area (Å²) in [5.41, 5.74) is 1.51. The smallest absolute Gasteiger partial charge is 0.251 e. The van der Waals surface area contributed by atoms with Crippen molar-refractivity contribution in [3.8, 4) is 11.5 Å². The van der Waals surface area contributed by atoms with Gasteiger partial charge in [-0.25, -0.2) is 0 Å². The highest BCUT2D eigenvalue weighted by atomic mass is 16.5. The van der Waals surface area contributed by atoms with E-state index in [-0.39, 0.29) is 17.9 Å². The largest absolute Gasteiger partial charge is 0.457 e. The van der Waals surface area contributed by atoms with Gasteiger partial charge in [-0.2, -0.15) is 0 Å². The lowest BCUT2D eigenvalue weighted by atomic mass is 10.1. The standard InChI is InChI=1S/C19H22N2O3/c1-13-5-6-14(11-18(13)24-16-7-9-20-10-8-16)19(23)21-12-15-3-2-4-17(15)22/h5-11,15,17,22H,2-4,12H2,1H3,(H,21,23). The number of benzene rings is 1. The molecule has 3 rings (SSSR count). The van der Waals surface area contributed by atoms with Gasteiger partial charge in [0.05, 0.1) is 6.10 Å². The number of aliphatic hydroxyl groups is 1. The first-order chi connectivity index (χ1) is 11.6. The summed E-state index contributed by atoms with van der Waals surface area (Å²) in [7, 11) is 0. The third-order valence-corrected chi connectivity index (χ3v) is 4.47. The molecule has 2 unspecified atom stereocenters. The molecule has 2 atom stereocenters. The minimum atomic E-state index is -0.297. The Morgan fingerprint density at radius 3 is 2.79 bits per heavy atom. The molecule has 0 radical (unpaired) electrons. The third kappa shape index (κ3) is 3.92. The van der Waals surface area contributed by atoms with Gasteiger partial charge in [-0.3, -0.25) is 9.78 Å². The number of amides is 1. The third-order valence-electron chi connectivity index (χ3n) is 4.47. The Labute approximate surface area is 141 Å². The number of carbonyl (C=O) groups excluding carboxylic acids is 1. The van der Waals surface area contributed by atoms with Gasteiger partial charge in [-0.05, 0) is 49.6 Å². The number of ether oxygens (including phenoxy) is 1. The van der Waals surface area contributed by atoms with E-state index in [0.717, 1.165) is 24.8 Å². The lowest BCUT2D eigenvalue weighted by molar-refractivity contribution is 0.0916. The van der Waals surface area contributed by atoms with Crippen LogP contribution in [0, 0.1) is 12.8 Å². The summed E-state index contributed by atoms with van der Waals surface area (Å²) >= 11 is 0. The van der Waals surface area contributed by atoms with Gasteiger partial charge in [0, 0.05) is 30.4 Å². The number of hydrogen-bond acceptors (Lipinski definition) is 4. The molecule has 1 aliphatic carbocycles. The second-order valence-corrected chi connectivity index (χ2v) is 6.23. The fourth-order valence-electron chi connectivity index (χ4n) is 2.97. The maximum Gasteiger partial charge on any atom is 0.251 e. The quantitative estimate of drug-likeness (QED) is 0.886. The molecule has 1 aliphatic rings. The topological polar surface area (TPSA) is 71.5 Å². The Kier molecular flexibility index (Phi) is 5.11. The van der Waals surface area contributed by atoms with E-state index in [1.54, 1.807) is 36.7 Å². The summed E-state index contributed by atoms with van der Waals surface area (Å²) in [4.78, 5) is 16.3. The molecule has 0 bridgehead atoms. The van der Waals surface area contributed by atoms with Gasteiger partial charge >= 0.3 is 0 Å². The molecule has 1 aromatic carbocycles. The predicted octanol–water partition coefficient (Wildman–Crippen LogP) is 3.07. The first-order valence-corrected chi connectivity index (χ1v) is 8.28. The van der Waals surface area contributed by atoms with Crippen LogP contribution in [0.2, 0.25) is 0 Å². The zero-order valence-corrected chi connectivity index (χ0v) is 13.7. The Bertz CT molecular complexity index is 703. The van der Waals surface area contributed by atoms with E-state index in [4.69, 9.17) is 4.74 Å². The first-order valence-electron chi connectivity index (χ1n) is 8.28. The van der Waals surface area contributed by atoms with E-state index in [2.05, 4.69) is 10.3 Å². The maximum atomic E-state index is 12.4. The van der Waals surface area contributed by atoms with Crippen LogP contribution >= 0.6 is 0 Å². The molecule has 2 aromatic rings. The fourth-order valence-corrected chi connectivity index (χ4v) is 2.97. The van der Waals surface area contributed by atoms with Gasteiger partial charge in [0.2, 0.25) is 0 Å². The number of hydrogen-bond donors (Lipinski definition) is 2. The van der Waals surface area contributed by atoms with Gasteiger partial charge < -0.3 is 15.2 Å². The Morgan fingerprint density at radius 2 is 2.08 bits per heavy atom. The summed E-state index contributed by atoms with van der Waals surface area (Å²) in [5.74, 6) is 1.34. The predicted molar refractivity (Wildman–Crippen MR) is 91.2 cm³/mol. The second kappa shape index (κ2) is 7.45. The van der Waals surface area contributed by atoms with Gasteiger partial charge in [0.25, 0.3) is 5.91 Å². The summed E-state index contributed by atoms with van der Waals surface area (Å²) in [6.45, 7) is 2.45. The Morgan fingerprint density at radius 1 is 1.29 bits per heavy atom. The van der Waals surface area contributed by atoms with Crippen molar-refractivity contribution < 1.29 is 14.6 Å². The van der Waals surface area contributed by atoms with E-state index < -0.39 is 0 Å². The first kappa shape index (κ1) is 16.5. The van der Waals surface area contributed by atoms with Crippen LogP contribution in [-0.4, -0.2) is 28.6 Å². The zero-order valence-electron chi connectivity index (χ0n) is 13.7. The van der Waals surface area contributed by atoms with Gasteiger partial charge in [0.15, 0.2) is 0 Å². The highest BCUT2D eigenvalue weighted by Gasteiger charge is 2.25. The van der Waals surface area contributed by atoms with Crippen LogP contribution in [0.5, 0.6) is 11.5 Å². The van der Waals surface area contributed by atoms with Gasteiger partial charge in [0.1, 0.15) is 11.5 Å². The van der Waals surface area contributed by atoms with Crippen LogP contribution in [0.4, 0.5) is 0 Å². The van der Waals surface area contributed by atoms with Crippen LogP contribution in [0.15, 0.2) is 42.7 Å². The molecule has 1 amide bonds. The molecule has 24 heavy (non-hydrogen) atoms.